The molecule has 1 aromatic heterocycles. The first-order valence-corrected chi connectivity index (χ1v) is 8.82. The molecule has 2 fully saturated rings. The summed E-state index contributed by atoms with van der Waals surface area (Å²) < 4.78 is 1.01. The van der Waals surface area contributed by atoms with Crippen molar-refractivity contribution >= 4 is 56.2 Å². The zero-order valence-corrected chi connectivity index (χ0v) is 14.6. The maximum atomic E-state index is 6.32. The maximum absolute atomic E-state index is 6.32. The van der Waals surface area contributed by atoms with Crippen LogP contribution in [0, 0.1) is 6.92 Å². The fourth-order valence-electron chi connectivity index (χ4n) is 3.06. The van der Waals surface area contributed by atoms with E-state index in [0.29, 0.717) is 0 Å². The van der Waals surface area contributed by atoms with Gasteiger partial charge in [-0.3, -0.25) is 14.9 Å². The second-order valence-electron chi connectivity index (χ2n) is 5.46. The molecule has 0 bridgehead atoms. The van der Waals surface area contributed by atoms with Crippen molar-refractivity contribution in [3.63, 3.8) is 0 Å². The lowest BCUT2D eigenvalue weighted by molar-refractivity contribution is 0.0757. The van der Waals surface area contributed by atoms with E-state index in [0.717, 1.165) is 62.8 Å². The van der Waals surface area contributed by atoms with Crippen molar-refractivity contribution < 1.29 is 0 Å². The average molecular weight is 351 g/mol. The summed E-state index contributed by atoms with van der Waals surface area (Å²) in [5.74, 6) is 0.902. The van der Waals surface area contributed by atoms with E-state index in [1.165, 1.54) is 0 Å². The van der Waals surface area contributed by atoms with Gasteiger partial charge in [-0.1, -0.05) is 18.2 Å². The van der Waals surface area contributed by atoms with E-state index < -0.39 is 0 Å². The summed E-state index contributed by atoms with van der Waals surface area (Å²) in [5.41, 5.74) is 1.87. The van der Waals surface area contributed by atoms with Gasteiger partial charge < -0.3 is 0 Å². The standard InChI is InChI=1S/C15H15ClN4S2/c1-9-17-13-12(6-5-11(16)14(13)22-9)20-10(2)18-7-3-4-8-19(18)15(20)21/h5-6H,2-4,7-8H2,1H3. The molecule has 0 saturated carbocycles. The summed E-state index contributed by atoms with van der Waals surface area (Å²) >= 11 is 13.6. The highest BCUT2D eigenvalue weighted by Gasteiger charge is 2.38. The monoisotopic (exact) mass is 350 g/mol. The summed E-state index contributed by atoms with van der Waals surface area (Å²) in [6.07, 6.45) is 2.32. The minimum absolute atomic E-state index is 0.734. The molecule has 2 aliphatic rings. The summed E-state index contributed by atoms with van der Waals surface area (Å²) in [6, 6.07) is 3.90. The van der Waals surface area contributed by atoms with Gasteiger partial charge in [-0.2, -0.15) is 0 Å². The number of hydrogen-bond donors (Lipinski definition) is 0. The third-order valence-electron chi connectivity index (χ3n) is 4.07. The van der Waals surface area contributed by atoms with Gasteiger partial charge in [-0.15, -0.1) is 11.3 Å². The van der Waals surface area contributed by atoms with E-state index in [9.17, 15) is 0 Å². The van der Waals surface area contributed by atoms with Gasteiger partial charge in [0.1, 0.15) is 11.3 Å². The first-order chi connectivity index (χ1) is 10.6. The Labute approximate surface area is 143 Å². The molecule has 4 nitrogen and oxygen atoms in total. The Bertz CT molecular complexity index is 776. The molecule has 0 amide bonds. The number of halogens is 1. The Morgan fingerprint density at radius 3 is 2.73 bits per heavy atom. The second-order valence-corrected chi connectivity index (χ2v) is 7.44. The summed E-state index contributed by atoms with van der Waals surface area (Å²) in [6.45, 7) is 8.15. The highest BCUT2D eigenvalue weighted by atomic mass is 35.5. The predicted molar refractivity (Wildman–Crippen MR) is 96.2 cm³/mol. The smallest absolute Gasteiger partial charge is 0.201 e. The Morgan fingerprint density at radius 2 is 2.00 bits per heavy atom. The number of hydrazine groups is 1. The third-order valence-corrected chi connectivity index (χ3v) is 5.90. The lowest BCUT2D eigenvalue weighted by Gasteiger charge is -2.33. The van der Waals surface area contributed by atoms with Crippen LogP contribution in [-0.2, 0) is 0 Å². The number of fused-ring (bicyclic) bond motifs is 2. The number of thiocarbonyl (C=S) groups is 1. The quantitative estimate of drug-likeness (QED) is 0.719. The third kappa shape index (κ3) is 1.94. The molecule has 0 radical (unpaired) electrons. The molecule has 22 heavy (non-hydrogen) atoms. The van der Waals surface area contributed by atoms with Crippen molar-refractivity contribution in [2.24, 2.45) is 0 Å². The predicted octanol–water partition coefficient (Wildman–Crippen LogP) is 4.15. The maximum Gasteiger partial charge on any atom is 0.201 e. The Balaban J connectivity index is 1.87. The van der Waals surface area contributed by atoms with Crippen molar-refractivity contribution in [2.45, 2.75) is 19.8 Å². The molecule has 2 aliphatic heterocycles. The van der Waals surface area contributed by atoms with Gasteiger partial charge in [0.25, 0.3) is 0 Å². The molecule has 0 N–H and O–H groups in total. The molecule has 114 valence electrons. The van der Waals surface area contributed by atoms with E-state index in [-0.39, 0.29) is 0 Å². The first kappa shape index (κ1) is 14.2. The lowest BCUT2D eigenvalue weighted by atomic mass is 10.2. The van der Waals surface area contributed by atoms with Crippen LogP contribution in [0.15, 0.2) is 24.5 Å². The average Bonchev–Trinajstić information content (AvgIpc) is 3.02. The largest absolute Gasteiger partial charge is 0.268 e. The normalized spacial score (nSPS) is 18.5. The van der Waals surface area contributed by atoms with Crippen molar-refractivity contribution in [2.75, 3.05) is 18.0 Å². The molecular formula is C15H15ClN4S2. The zero-order valence-electron chi connectivity index (χ0n) is 12.2. The first-order valence-electron chi connectivity index (χ1n) is 7.21. The summed E-state index contributed by atoms with van der Waals surface area (Å²) in [5, 5.41) is 6.82. The van der Waals surface area contributed by atoms with Gasteiger partial charge in [0.05, 0.1) is 20.4 Å². The van der Waals surface area contributed by atoms with Crippen LogP contribution in [0.3, 0.4) is 0 Å². The number of aromatic nitrogens is 1. The van der Waals surface area contributed by atoms with Crippen LogP contribution in [0.25, 0.3) is 10.2 Å². The number of aryl methyl sites for hydroxylation is 1. The number of benzene rings is 1. The lowest BCUT2D eigenvalue weighted by Crippen LogP contribution is -2.42. The molecule has 2 saturated heterocycles. The van der Waals surface area contributed by atoms with Gasteiger partial charge in [-0.25, -0.2) is 4.98 Å². The van der Waals surface area contributed by atoms with Crippen LogP contribution in [-0.4, -0.2) is 33.2 Å². The molecule has 3 heterocycles. The van der Waals surface area contributed by atoms with Crippen molar-refractivity contribution in [3.8, 4) is 0 Å². The van der Waals surface area contributed by atoms with Crippen LogP contribution >= 0.6 is 35.2 Å². The number of thiazole rings is 1. The highest BCUT2D eigenvalue weighted by molar-refractivity contribution is 7.80. The van der Waals surface area contributed by atoms with Gasteiger partial charge in [0, 0.05) is 13.1 Å². The molecule has 0 atom stereocenters. The molecular weight excluding hydrogens is 336 g/mol. The van der Waals surface area contributed by atoms with E-state index in [1.807, 2.05) is 24.0 Å². The van der Waals surface area contributed by atoms with Gasteiger partial charge >= 0.3 is 0 Å². The van der Waals surface area contributed by atoms with E-state index >= 15 is 0 Å². The van der Waals surface area contributed by atoms with Crippen LogP contribution in [0.1, 0.15) is 17.8 Å². The van der Waals surface area contributed by atoms with Crippen molar-refractivity contribution in [1.29, 1.82) is 0 Å². The van der Waals surface area contributed by atoms with Gasteiger partial charge in [0.15, 0.2) is 0 Å². The number of nitrogens with zero attached hydrogens (tertiary/aromatic N) is 4. The molecule has 0 aliphatic carbocycles. The number of anilines is 1. The van der Waals surface area contributed by atoms with Crippen LogP contribution in [0.4, 0.5) is 5.69 Å². The molecule has 0 spiro atoms. The van der Waals surface area contributed by atoms with Crippen LogP contribution in [0.2, 0.25) is 5.02 Å². The Hall–Kier alpha value is -1.37. The zero-order chi connectivity index (χ0) is 15.4. The highest BCUT2D eigenvalue weighted by Crippen LogP contribution is 2.40. The fourth-order valence-corrected chi connectivity index (χ4v) is 4.57. The topological polar surface area (TPSA) is 22.6 Å². The van der Waals surface area contributed by atoms with E-state index in [1.54, 1.807) is 11.3 Å². The summed E-state index contributed by atoms with van der Waals surface area (Å²) in [4.78, 5) is 6.69. The molecule has 2 aromatic rings. The van der Waals surface area contributed by atoms with Crippen molar-refractivity contribution in [3.05, 3.63) is 34.6 Å². The van der Waals surface area contributed by atoms with Crippen LogP contribution in [0.5, 0.6) is 0 Å². The summed E-state index contributed by atoms with van der Waals surface area (Å²) in [7, 11) is 0. The Kier molecular flexibility index (Phi) is 3.29. The molecule has 1 aromatic carbocycles. The second kappa shape index (κ2) is 5.08. The minimum atomic E-state index is 0.734. The van der Waals surface area contributed by atoms with Crippen molar-refractivity contribution in [1.82, 2.24) is 15.0 Å². The molecule has 4 rings (SSSR count). The van der Waals surface area contributed by atoms with Crippen LogP contribution < -0.4 is 4.90 Å². The van der Waals surface area contributed by atoms with Gasteiger partial charge in [0.2, 0.25) is 5.11 Å². The molecule has 7 heteroatoms. The van der Waals surface area contributed by atoms with E-state index in [2.05, 4.69) is 21.6 Å². The van der Waals surface area contributed by atoms with E-state index in [4.69, 9.17) is 23.8 Å². The number of rotatable bonds is 1. The molecule has 0 unspecified atom stereocenters. The van der Waals surface area contributed by atoms with Gasteiger partial charge in [-0.05, 0) is 44.1 Å². The minimum Gasteiger partial charge on any atom is -0.268 e. The fraction of sp³-hybridized carbons (Fsp3) is 0.333. The Morgan fingerprint density at radius 1 is 1.27 bits per heavy atom. The number of hydrogen-bond acceptors (Lipinski definition) is 4. The SMILES string of the molecule is C=C1N(c2ccc(Cl)c3sc(C)nc23)C(=S)N2CCCCN12.